The summed E-state index contributed by atoms with van der Waals surface area (Å²) in [5, 5.41) is 6.34. The van der Waals surface area contributed by atoms with Crippen molar-refractivity contribution in [1.82, 2.24) is 15.5 Å². The fourth-order valence-corrected chi connectivity index (χ4v) is 1.94. The number of hydrogen-bond acceptors (Lipinski definition) is 3. The zero-order chi connectivity index (χ0) is 10.7. The highest BCUT2D eigenvalue weighted by atomic mass is 35.5. The van der Waals surface area contributed by atoms with E-state index >= 15 is 0 Å². The largest absolute Gasteiger partial charge is 0.355 e. The molecule has 94 valence electrons. The van der Waals surface area contributed by atoms with E-state index in [2.05, 4.69) is 22.5 Å². The molecule has 2 aliphatic rings. The summed E-state index contributed by atoms with van der Waals surface area (Å²) in [4.78, 5) is 13.9. The van der Waals surface area contributed by atoms with Crippen LogP contribution < -0.4 is 10.6 Å². The first-order valence-electron chi connectivity index (χ1n) is 5.97. The number of piperazine rings is 1. The number of nitrogens with zero attached hydrogens (tertiary/aromatic N) is 1. The lowest BCUT2D eigenvalue weighted by atomic mass is 10.2. The third-order valence-corrected chi connectivity index (χ3v) is 3.27. The Balaban J connectivity index is 0.00000128. The Hall–Kier alpha value is -0.320. The van der Waals surface area contributed by atoms with Crippen molar-refractivity contribution in [3.8, 4) is 0 Å². The first-order chi connectivity index (χ1) is 7.25. The van der Waals surface area contributed by atoms with Crippen LogP contribution in [-0.2, 0) is 4.79 Å². The number of amides is 1. The predicted molar refractivity (Wildman–Crippen MR) is 66.9 cm³/mol. The van der Waals surface area contributed by atoms with E-state index in [-0.39, 0.29) is 18.3 Å². The molecule has 1 saturated heterocycles. The van der Waals surface area contributed by atoms with Crippen LogP contribution in [0.4, 0.5) is 0 Å². The van der Waals surface area contributed by atoms with Crippen molar-refractivity contribution < 1.29 is 4.79 Å². The van der Waals surface area contributed by atoms with E-state index in [1.54, 1.807) is 0 Å². The third-order valence-electron chi connectivity index (χ3n) is 3.27. The maximum Gasteiger partial charge on any atom is 0.234 e. The van der Waals surface area contributed by atoms with E-state index in [9.17, 15) is 4.79 Å². The standard InChI is InChI=1S/C11H21N3O.ClH/c1-9-6-12-4-5-14(9)8-11(15)13-7-10-2-3-10;/h9-10,12H,2-8H2,1H3,(H,13,15);1H/t9-;/m1./s1. The summed E-state index contributed by atoms with van der Waals surface area (Å²) in [5.41, 5.74) is 0. The monoisotopic (exact) mass is 247 g/mol. The lowest BCUT2D eigenvalue weighted by molar-refractivity contribution is -0.123. The van der Waals surface area contributed by atoms with Crippen molar-refractivity contribution in [2.45, 2.75) is 25.8 Å². The Kier molecular flexibility index (Phi) is 5.52. The number of carbonyl (C=O) groups is 1. The van der Waals surface area contributed by atoms with Gasteiger partial charge in [0.2, 0.25) is 5.91 Å². The van der Waals surface area contributed by atoms with Crippen molar-refractivity contribution >= 4 is 18.3 Å². The smallest absolute Gasteiger partial charge is 0.234 e. The van der Waals surface area contributed by atoms with Crippen molar-refractivity contribution in [3.05, 3.63) is 0 Å². The van der Waals surface area contributed by atoms with Gasteiger partial charge in [-0.15, -0.1) is 12.4 Å². The van der Waals surface area contributed by atoms with E-state index in [0.717, 1.165) is 32.1 Å². The summed E-state index contributed by atoms with van der Waals surface area (Å²) < 4.78 is 0. The summed E-state index contributed by atoms with van der Waals surface area (Å²) in [6.07, 6.45) is 2.59. The Bertz CT molecular complexity index is 233. The summed E-state index contributed by atoms with van der Waals surface area (Å²) in [5.74, 6) is 0.963. The molecule has 1 amide bonds. The zero-order valence-electron chi connectivity index (χ0n) is 9.87. The maximum atomic E-state index is 11.6. The van der Waals surface area contributed by atoms with E-state index in [1.165, 1.54) is 12.8 Å². The zero-order valence-corrected chi connectivity index (χ0v) is 10.7. The van der Waals surface area contributed by atoms with Crippen LogP contribution in [-0.4, -0.2) is 49.6 Å². The van der Waals surface area contributed by atoms with Crippen molar-refractivity contribution in [3.63, 3.8) is 0 Å². The highest BCUT2D eigenvalue weighted by molar-refractivity contribution is 5.85. The van der Waals surface area contributed by atoms with Crippen LogP contribution in [0.2, 0.25) is 0 Å². The molecule has 0 aromatic rings. The quantitative estimate of drug-likeness (QED) is 0.748. The van der Waals surface area contributed by atoms with Gasteiger partial charge in [0.1, 0.15) is 0 Å². The highest BCUT2D eigenvalue weighted by Gasteiger charge is 2.23. The molecule has 0 aromatic carbocycles. The van der Waals surface area contributed by atoms with Crippen molar-refractivity contribution in [1.29, 1.82) is 0 Å². The van der Waals surface area contributed by atoms with Gasteiger partial charge in [-0.25, -0.2) is 0 Å². The van der Waals surface area contributed by atoms with E-state index in [1.807, 2.05) is 0 Å². The van der Waals surface area contributed by atoms with Gasteiger partial charge in [-0.3, -0.25) is 9.69 Å². The molecule has 0 radical (unpaired) electrons. The van der Waals surface area contributed by atoms with Crippen LogP contribution in [0.25, 0.3) is 0 Å². The number of hydrogen-bond donors (Lipinski definition) is 2. The topological polar surface area (TPSA) is 44.4 Å². The summed E-state index contributed by atoms with van der Waals surface area (Å²) in [6.45, 7) is 6.60. The van der Waals surface area contributed by atoms with Crippen molar-refractivity contribution in [2.75, 3.05) is 32.7 Å². The van der Waals surface area contributed by atoms with Gasteiger partial charge in [0, 0.05) is 32.2 Å². The van der Waals surface area contributed by atoms with Gasteiger partial charge in [-0.1, -0.05) is 0 Å². The molecule has 1 saturated carbocycles. The number of carbonyl (C=O) groups excluding carboxylic acids is 1. The molecule has 1 atom stereocenters. The number of nitrogens with one attached hydrogen (secondary N) is 2. The summed E-state index contributed by atoms with van der Waals surface area (Å²) in [7, 11) is 0. The molecule has 2 rings (SSSR count). The fourth-order valence-electron chi connectivity index (χ4n) is 1.94. The normalized spacial score (nSPS) is 25.9. The molecule has 1 aliphatic carbocycles. The SMILES string of the molecule is C[C@@H]1CNCCN1CC(=O)NCC1CC1.Cl. The molecular formula is C11H22ClN3O. The lowest BCUT2D eigenvalue weighted by Gasteiger charge is -2.33. The summed E-state index contributed by atoms with van der Waals surface area (Å²) >= 11 is 0. The molecule has 0 unspecified atom stereocenters. The summed E-state index contributed by atoms with van der Waals surface area (Å²) in [6, 6.07) is 0.477. The van der Waals surface area contributed by atoms with Gasteiger partial charge in [-0.2, -0.15) is 0 Å². The first-order valence-corrected chi connectivity index (χ1v) is 5.97. The predicted octanol–water partition coefficient (Wildman–Crippen LogP) is 0.228. The van der Waals surface area contributed by atoms with Crippen LogP contribution in [0.3, 0.4) is 0 Å². The third kappa shape index (κ3) is 4.28. The molecule has 2 fully saturated rings. The molecule has 0 aromatic heterocycles. The molecule has 5 heteroatoms. The van der Waals surface area contributed by atoms with Gasteiger partial charge in [0.05, 0.1) is 6.54 Å². The van der Waals surface area contributed by atoms with Crippen LogP contribution in [0.5, 0.6) is 0 Å². The molecule has 2 N–H and O–H groups in total. The maximum absolute atomic E-state index is 11.6. The number of halogens is 1. The molecule has 4 nitrogen and oxygen atoms in total. The van der Waals surface area contributed by atoms with Crippen LogP contribution in [0, 0.1) is 5.92 Å². The van der Waals surface area contributed by atoms with Crippen LogP contribution in [0.15, 0.2) is 0 Å². The minimum atomic E-state index is 0. The van der Waals surface area contributed by atoms with Gasteiger partial charge >= 0.3 is 0 Å². The van der Waals surface area contributed by atoms with Crippen molar-refractivity contribution in [2.24, 2.45) is 5.92 Å². The Morgan fingerprint density at radius 1 is 1.50 bits per heavy atom. The Labute approximate surface area is 104 Å². The Morgan fingerprint density at radius 3 is 2.88 bits per heavy atom. The number of rotatable bonds is 4. The second kappa shape index (κ2) is 6.42. The van der Waals surface area contributed by atoms with Gasteiger partial charge in [-0.05, 0) is 25.7 Å². The minimum Gasteiger partial charge on any atom is -0.355 e. The van der Waals surface area contributed by atoms with Crippen LogP contribution in [0.1, 0.15) is 19.8 Å². The average Bonchev–Trinajstić information content (AvgIpc) is 3.02. The van der Waals surface area contributed by atoms with Gasteiger partial charge in [0.15, 0.2) is 0 Å². The molecule has 1 heterocycles. The molecular weight excluding hydrogens is 226 g/mol. The lowest BCUT2D eigenvalue weighted by Crippen LogP contribution is -2.52. The molecule has 0 bridgehead atoms. The second-order valence-corrected chi connectivity index (χ2v) is 4.77. The van der Waals surface area contributed by atoms with Gasteiger partial charge in [0.25, 0.3) is 0 Å². The average molecular weight is 248 g/mol. The van der Waals surface area contributed by atoms with Crippen LogP contribution >= 0.6 is 12.4 Å². The molecule has 1 aliphatic heterocycles. The molecule has 16 heavy (non-hydrogen) atoms. The minimum absolute atomic E-state index is 0. The fraction of sp³-hybridized carbons (Fsp3) is 0.909. The Morgan fingerprint density at radius 2 is 2.25 bits per heavy atom. The van der Waals surface area contributed by atoms with E-state index in [4.69, 9.17) is 0 Å². The highest BCUT2D eigenvalue weighted by Crippen LogP contribution is 2.27. The molecule has 0 spiro atoms. The first kappa shape index (κ1) is 13.7. The van der Waals surface area contributed by atoms with Gasteiger partial charge < -0.3 is 10.6 Å². The van der Waals surface area contributed by atoms with E-state index < -0.39 is 0 Å². The van der Waals surface area contributed by atoms with E-state index in [0.29, 0.717) is 12.6 Å². The second-order valence-electron chi connectivity index (χ2n) is 4.77.